The molecule has 0 bridgehead atoms. The van der Waals surface area contributed by atoms with Crippen LogP contribution in [0.25, 0.3) is 0 Å². The highest BCUT2D eigenvalue weighted by molar-refractivity contribution is 8.21. The molecule has 1 spiro atoms. The van der Waals surface area contributed by atoms with E-state index in [4.69, 9.17) is 0 Å². The largest absolute Gasteiger partial charge is 0.346 e. The molecule has 15 heteroatoms. The van der Waals surface area contributed by atoms with Crippen molar-refractivity contribution in [2.45, 2.75) is 122 Å². The Morgan fingerprint density at radius 3 is 2.04 bits per heavy atom. The summed E-state index contributed by atoms with van der Waals surface area (Å²) < 4.78 is -0.418. The van der Waals surface area contributed by atoms with Gasteiger partial charge in [-0.2, -0.15) is 0 Å². The van der Waals surface area contributed by atoms with Gasteiger partial charge in [0.05, 0.1) is 16.2 Å². The summed E-state index contributed by atoms with van der Waals surface area (Å²) in [5, 5.41) is 11.2. The summed E-state index contributed by atoms with van der Waals surface area (Å²) in [5.74, 6) is -1.06. The zero-order valence-electron chi connectivity index (χ0n) is 32.0. The number of ketones is 1. The van der Waals surface area contributed by atoms with Crippen LogP contribution in [0.15, 0.2) is 12.7 Å². The van der Waals surface area contributed by atoms with Crippen LogP contribution >= 0.6 is 23.5 Å². The van der Waals surface area contributed by atoms with Crippen molar-refractivity contribution in [2.24, 2.45) is 22.2 Å². The lowest BCUT2D eigenvalue weighted by Crippen LogP contribution is -2.62. The van der Waals surface area contributed by atoms with Gasteiger partial charge < -0.3 is 26.2 Å². The maximum absolute atomic E-state index is 14.6. The third kappa shape index (κ3) is 10.5. The van der Waals surface area contributed by atoms with Gasteiger partial charge in [-0.1, -0.05) is 74.3 Å². The lowest BCUT2D eigenvalue weighted by Gasteiger charge is -2.40. The maximum atomic E-state index is 14.6. The molecule has 3 aliphatic heterocycles. The van der Waals surface area contributed by atoms with Crippen LogP contribution < -0.4 is 21.3 Å². The summed E-state index contributed by atoms with van der Waals surface area (Å²) in [6.45, 7) is 18.9. The normalized spacial score (nSPS) is 23.1. The third-order valence-corrected chi connectivity index (χ3v) is 13.6. The first-order valence-electron chi connectivity index (χ1n) is 18.3. The Hall–Kier alpha value is -3.07. The van der Waals surface area contributed by atoms with Gasteiger partial charge in [-0.3, -0.25) is 33.7 Å². The molecule has 0 aromatic rings. The number of rotatable bonds is 13. The lowest BCUT2D eigenvalue weighted by atomic mass is 9.80. The summed E-state index contributed by atoms with van der Waals surface area (Å²) in [6.07, 6.45) is 4.45. The van der Waals surface area contributed by atoms with Crippen LogP contribution in [0.2, 0.25) is 0 Å². The quantitative estimate of drug-likeness (QED) is 0.125. The standard InChI is InChI=1S/C37H58N6O7S2/c1-10-13-38-31(48)28(46)23(16-22-11-12-22)39-30(47)24-17-37(51-14-15-52-37)21-43(24)32(49)29(35(5,6)7)41-33(50)40-25(34(2,3)4)20-42-26(44)18-36(8,9)19-27(42)45/h10,22-25,29H,1,11-21H2,2-9H3,(H,38,48)(H,39,47)(H2,40,41,50)/t23?,24-,25-,29+/m0/s1. The van der Waals surface area contributed by atoms with Gasteiger partial charge in [0, 0.05) is 50.4 Å². The molecule has 3 heterocycles. The highest BCUT2D eigenvalue weighted by atomic mass is 32.2. The van der Waals surface area contributed by atoms with Gasteiger partial charge in [0.25, 0.3) is 5.91 Å². The molecule has 3 saturated heterocycles. The van der Waals surface area contributed by atoms with Gasteiger partial charge in [0.2, 0.25) is 29.4 Å². The van der Waals surface area contributed by atoms with Gasteiger partial charge in [-0.15, -0.1) is 30.1 Å². The summed E-state index contributed by atoms with van der Waals surface area (Å²) in [5.41, 5.74) is -1.76. The third-order valence-electron chi connectivity index (χ3n) is 10.2. The van der Waals surface area contributed by atoms with Crippen molar-refractivity contribution in [3.8, 4) is 0 Å². The van der Waals surface area contributed by atoms with Gasteiger partial charge in [0.15, 0.2) is 0 Å². The molecule has 13 nitrogen and oxygen atoms in total. The van der Waals surface area contributed by atoms with Crippen molar-refractivity contribution in [3.63, 3.8) is 0 Å². The molecule has 52 heavy (non-hydrogen) atoms. The van der Waals surface area contributed by atoms with Crippen molar-refractivity contribution in [1.29, 1.82) is 0 Å². The minimum Gasteiger partial charge on any atom is -0.346 e. The molecule has 4 fully saturated rings. The van der Waals surface area contributed by atoms with E-state index in [2.05, 4.69) is 27.8 Å². The Morgan fingerprint density at radius 2 is 1.52 bits per heavy atom. The lowest BCUT2D eigenvalue weighted by molar-refractivity contribution is -0.153. The molecular formula is C37H58N6O7S2. The van der Waals surface area contributed by atoms with Crippen molar-refractivity contribution < 1.29 is 33.6 Å². The van der Waals surface area contributed by atoms with Crippen molar-refractivity contribution in [3.05, 3.63) is 12.7 Å². The number of nitrogens with one attached hydrogen (secondary N) is 4. The summed E-state index contributed by atoms with van der Waals surface area (Å²) in [7, 11) is 0. The number of urea groups is 1. The Labute approximate surface area is 316 Å². The number of thioether (sulfide) groups is 2. The number of hydrogen-bond donors (Lipinski definition) is 4. The first kappa shape index (κ1) is 41.7. The van der Waals surface area contributed by atoms with Crippen LogP contribution in [0.4, 0.5) is 4.79 Å². The molecule has 4 N–H and O–H groups in total. The van der Waals surface area contributed by atoms with Crippen LogP contribution in [0, 0.1) is 22.2 Å². The summed E-state index contributed by atoms with van der Waals surface area (Å²) in [6, 6.07) is -4.26. The first-order chi connectivity index (χ1) is 24.1. The second kappa shape index (κ2) is 16.1. The minimum atomic E-state index is -1.05. The number of piperidine rings is 1. The predicted molar refractivity (Wildman–Crippen MR) is 203 cm³/mol. The number of likely N-dealkylation sites (tertiary alicyclic amines) is 2. The molecular weight excluding hydrogens is 705 g/mol. The zero-order chi connectivity index (χ0) is 38.8. The van der Waals surface area contributed by atoms with E-state index in [9.17, 15) is 33.6 Å². The summed E-state index contributed by atoms with van der Waals surface area (Å²) >= 11 is 3.41. The fourth-order valence-electron chi connectivity index (χ4n) is 6.89. The maximum Gasteiger partial charge on any atom is 0.315 e. The Balaban J connectivity index is 1.54. The van der Waals surface area contributed by atoms with E-state index in [0.717, 1.165) is 24.3 Å². The van der Waals surface area contributed by atoms with E-state index < -0.39 is 74.0 Å². The number of Topliss-reactive ketones (excluding diaryl/α,β-unsaturated/α-hetero) is 1. The highest BCUT2D eigenvalue weighted by Gasteiger charge is 2.54. The molecule has 4 aliphatic rings. The van der Waals surface area contributed by atoms with Gasteiger partial charge in [0.1, 0.15) is 12.1 Å². The first-order valence-corrected chi connectivity index (χ1v) is 20.2. The van der Waals surface area contributed by atoms with E-state index in [0.29, 0.717) is 12.8 Å². The topological polar surface area (TPSA) is 174 Å². The highest BCUT2D eigenvalue weighted by Crippen LogP contribution is 2.52. The second-order valence-electron chi connectivity index (χ2n) is 17.6. The van der Waals surface area contributed by atoms with Crippen LogP contribution in [0.1, 0.15) is 93.9 Å². The number of carbonyl (C=O) groups is 7. The number of amides is 7. The Kier molecular flexibility index (Phi) is 12.9. The van der Waals surface area contributed by atoms with Crippen LogP contribution in [0.3, 0.4) is 0 Å². The number of hydrogen-bond acceptors (Lipinski definition) is 9. The Morgan fingerprint density at radius 1 is 0.923 bits per heavy atom. The fraction of sp³-hybridized carbons (Fsp3) is 0.757. The van der Waals surface area contributed by atoms with Gasteiger partial charge in [-0.05, 0) is 28.6 Å². The van der Waals surface area contributed by atoms with Crippen molar-refractivity contribution in [2.75, 3.05) is 31.1 Å². The number of nitrogens with zero attached hydrogens (tertiary/aromatic N) is 2. The molecule has 4 atom stereocenters. The molecule has 1 saturated carbocycles. The van der Waals surface area contributed by atoms with Crippen LogP contribution in [0.5, 0.6) is 0 Å². The van der Waals surface area contributed by atoms with E-state index in [1.165, 1.54) is 15.9 Å². The van der Waals surface area contributed by atoms with E-state index in [1.807, 2.05) is 55.4 Å². The zero-order valence-corrected chi connectivity index (χ0v) is 33.7. The van der Waals surface area contributed by atoms with E-state index in [-0.39, 0.29) is 50.2 Å². The average Bonchev–Trinajstić information content (AvgIpc) is 3.59. The number of imide groups is 1. The van der Waals surface area contributed by atoms with Crippen LogP contribution in [-0.2, 0) is 28.8 Å². The molecule has 0 radical (unpaired) electrons. The van der Waals surface area contributed by atoms with Gasteiger partial charge in [-0.25, -0.2) is 4.79 Å². The van der Waals surface area contributed by atoms with Crippen molar-refractivity contribution >= 4 is 64.9 Å². The minimum absolute atomic E-state index is 0.00348. The summed E-state index contributed by atoms with van der Waals surface area (Å²) in [4.78, 5) is 97.0. The molecule has 4 rings (SSSR count). The molecule has 1 unspecified atom stereocenters. The van der Waals surface area contributed by atoms with Gasteiger partial charge >= 0.3 is 6.03 Å². The Bertz CT molecular complexity index is 1420. The molecule has 290 valence electrons. The van der Waals surface area contributed by atoms with Crippen LogP contribution in [-0.4, -0.2) is 111 Å². The van der Waals surface area contributed by atoms with E-state index >= 15 is 0 Å². The number of carbonyl (C=O) groups excluding carboxylic acids is 7. The SMILES string of the molecule is C=CCNC(=O)C(=O)C(CC1CC1)NC(=O)[C@@H]1CC2(CN1C(=O)[C@@H](NC(=O)N[C@@H](CN1C(=O)CC(C)(C)CC1=O)C(C)(C)C)C(C)(C)C)SCCS2. The molecule has 0 aromatic heterocycles. The van der Waals surface area contributed by atoms with E-state index in [1.54, 1.807) is 23.5 Å². The smallest absolute Gasteiger partial charge is 0.315 e. The van der Waals surface area contributed by atoms with Crippen molar-refractivity contribution in [1.82, 2.24) is 31.1 Å². The second-order valence-corrected chi connectivity index (χ2v) is 20.9. The fourth-order valence-corrected chi connectivity index (χ4v) is 10.1. The molecule has 1 aliphatic carbocycles. The predicted octanol–water partition coefficient (Wildman–Crippen LogP) is 3.22. The molecule has 7 amide bonds. The molecule has 0 aromatic carbocycles. The monoisotopic (exact) mass is 762 g/mol. The average molecular weight is 763 g/mol.